The molecule has 0 unspecified atom stereocenters. The van der Waals surface area contributed by atoms with Gasteiger partial charge >= 0.3 is 5.97 Å². The predicted octanol–water partition coefficient (Wildman–Crippen LogP) is 2.74. The fraction of sp³-hybridized carbons (Fsp3) is 0.364. The molecule has 2 heterocycles. The lowest BCUT2D eigenvalue weighted by Crippen LogP contribution is -2.40. The molecule has 1 fully saturated rings. The second-order valence-corrected chi connectivity index (χ2v) is 9.27. The first-order valence-corrected chi connectivity index (χ1v) is 11.7. The third kappa shape index (κ3) is 4.21. The van der Waals surface area contributed by atoms with Crippen LogP contribution in [0.4, 0.5) is 0 Å². The molecule has 1 aliphatic heterocycles. The number of rotatable bonds is 6. The number of fused-ring (bicyclic) bond motifs is 1. The first kappa shape index (κ1) is 21.5. The summed E-state index contributed by atoms with van der Waals surface area (Å²) in [6.45, 7) is 5.89. The molecule has 4 rings (SSSR count). The van der Waals surface area contributed by atoms with Gasteiger partial charge in [-0.1, -0.05) is 18.2 Å². The molecule has 3 aromatic rings. The monoisotopic (exact) mass is 443 g/mol. The average molecular weight is 444 g/mol. The number of hydrogen-bond acceptors (Lipinski definition) is 6. The first-order valence-electron chi connectivity index (χ1n) is 10.2. The van der Waals surface area contributed by atoms with Crippen LogP contribution in [0.25, 0.3) is 11.0 Å². The number of aryl methyl sites for hydroxylation is 2. The molecule has 8 nitrogen and oxygen atoms in total. The van der Waals surface area contributed by atoms with Gasteiger partial charge in [0.05, 0.1) is 34.7 Å². The number of ether oxygens (including phenoxy) is 2. The van der Waals surface area contributed by atoms with Gasteiger partial charge in [-0.3, -0.25) is 0 Å². The van der Waals surface area contributed by atoms with Crippen LogP contribution in [0.2, 0.25) is 0 Å². The summed E-state index contributed by atoms with van der Waals surface area (Å²) < 4.78 is 40.0. The largest absolute Gasteiger partial charge is 0.454 e. The van der Waals surface area contributed by atoms with Gasteiger partial charge in [0.2, 0.25) is 10.0 Å². The molecule has 0 spiro atoms. The number of imidazole rings is 1. The van der Waals surface area contributed by atoms with Gasteiger partial charge in [0.15, 0.2) is 0 Å². The lowest BCUT2D eigenvalue weighted by molar-refractivity contribution is 0.0458. The molecule has 9 heteroatoms. The van der Waals surface area contributed by atoms with E-state index in [1.54, 1.807) is 30.3 Å². The molecule has 1 aliphatic rings. The van der Waals surface area contributed by atoms with Crippen LogP contribution in [-0.4, -0.2) is 54.5 Å². The number of nitrogens with zero attached hydrogens (tertiary/aromatic N) is 3. The van der Waals surface area contributed by atoms with Crippen LogP contribution in [0, 0.1) is 6.92 Å². The Morgan fingerprint density at radius 1 is 1.16 bits per heavy atom. The molecular formula is C22H25N3O5S. The summed E-state index contributed by atoms with van der Waals surface area (Å²) in [5.74, 6) is 0.156. The molecule has 0 aliphatic carbocycles. The topological polar surface area (TPSA) is 90.7 Å². The third-order valence-corrected chi connectivity index (χ3v) is 7.31. The molecule has 1 aromatic heterocycles. The van der Waals surface area contributed by atoms with Gasteiger partial charge in [0, 0.05) is 19.6 Å². The summed E-state index contributed by atoms with van der Waals surface area (Å²) in [5, 5.41) is 0. The Bertz CT molecular complexity index is 1210. The molecule has 2 aromatic carbocycles. The van der Waals surface area contributed by atoms with Crippen molar-refractivity contribution < 1.29 is 22.7 Å². The zero-order valence-electron chi connectivity index (χ0n) is 17.6. The van der Waals surface area contributed by atoms with Crippen LogP contribution in [0.15, 0.2) is 47.4 Å². The highest BCUT2D eigenvalue weighted by atomic mass is 32.2. The number of benzene rings is 2. The quantitative estimate of drug-likeness (QED) is 0.544. The summed E-state index contributed by atoms with van der Waals surface area (Å²) in [7, 11) is -3.61. The summed E-state index contributed by atoms with van der Waals surface area (Å²) in [6, 6.07) is 12.2. The van der Waals surface area contributed by atoms with Crippen LogP contribution >= 0.6 is 0 Å². The number of carbonyl (C=O) groups is 1. The summed E-state index contributed by atoms with van der Waals surface area (Å²) >= 11 is 0. The van der Waals surface area contributed by atoms with E-state index in [1.165, 1.54) is 4.31 Å². The van der Waals surface area contributed by atoms with Crippen molar-refractivity contribution in [2.45, 2.75) is 31.9 Å². The normalized spacial score (nSPS) is 15.3. The Balaban J connectivity index is 1.60. The van der Waals surface area contributed by atoms with Gasteiger partial charge in [-0.25, -0.2) is 18.2 Å². The van der Waals surface area contributed by atoms with Crippen LogP contribution < -0.4 is 0 Å². The van der Waals surface area contributed by atoms with Crippen LogP contribution in [0.3, 0.4) is 0 Å². The van der Waals surface area contributed by atoms with Gasteiger partial charge in [-0.15, -0.1) is 0 Å². The zero-order valence-corrected chi connectivity index (χ0v) is 18.4. The SMILES string of the molecule is CCn1c(COC(=O)c2ccccc2C)nc2cc(S(=O)(=O)N3CCOCC3)ccc21. The van der Waals surface area contributed by atoms with E-state index in [1.807, 2.05) is 30.5 Å². The van der Waals surface area contributed by atoms with Gasteiger partial charge < -0.3 is 14.0 Å². The highest BCUT2D eigenvalue weighted by Crippen LogP contribution is 2.24. The third-order valence-electron chi connectivity index (χ3n) is 5.42. The maximum atomic E-state index is 13.0. The van der Waals surface area contributed by atoms with E-state index in [4.69, 9.17) is 9.47 Å². The molecule has 0 saturated carbocycles. The molecule has 0 atom stereocenters. The highest BCUT2D eigenvalue weighted by Gasteiger charge is 2.27. The second kappa shape index (κ2) is 8.78. The van der Waals surface area contributed by atoms with E-state index >= 15 is 0 Å². The first-order chi connectivity index (χ1) is 14.9. The van der Waals surface area contributed by atoms with E-state index in [-0.39, 0.29) is 11.5 Å². The Morgan fingerprint density at radius 3 is 2.61 bits per heavy atom. The maximum Gasteiger partial charge on any atom is 0.338 e. The maximum absolute atomic E-state index is 13.0. The number of sulfonamides is 1. The van der Waals surface area contributed by atoms with Gasteiger partial charge in [0.25, 0.3) is 0 Å². The summed E-state index contributed by atoms with van der Waals surface area (Å²) in [4.78, 5) is 17.2. The van der Waals surface area contributed by atoms with Crippen molar-refractivity contribution in [3.05, 3.63) is 59.4 Å². The van der Waals surface area contributed by atoms with Crippen molar-refractivity contribution >= 4 is 27.0 Å². The predicted molar refractivity (Wildman–Crippen MR) is 115 cm³/mol. The number of morpholine rings is 1. The Hall–Kier alpha value is -2.75. The minimum atomic E-state index is -3.61. The Labute approximate surface area is 181 Å². The standard InChI is InChI=1S/C22H25N3O5S/c1-3-25-20-9-8-17(31(27,28)24-10-12-29-13-11-24)14-19(20)23-21(25)15-30-22(26)18-7-5-4-6-16(18)2/h4-9,14H,3,10-13,15H2,1-2H3. The Kier molecular flexibility index (Phi) is 6.08. The summed E-state index contributed by atoms with van der Waals surface area (Å²) in [6.07, 6.45) is 0. The van der Waals surface area contributed by atoms with Gasteiger partial charge in [-0.05, 0) is 43.7 Å². The van der Waals surface area contributed by atoms with Crippen molar-refractivity contribution in [3.63, 3.8) is 0 Å². The lowest BCUT2D eigenvalue weighted by Gasteiger charge is -2.26. The van der Waals surface area contributed by atoms with E-state index in [2.05, 4.69) is 4.98 Å². The molecule has 0 radical (unpaired) electrons. The van der Waals surface area contributed by atoms with Crippen LogP contribution in [-0.2, 0) is 32.6 Å². The smallest absolute Gasteiger partial charge is 0.338 e. The molecule has 0 N–H and O–H groups in total. The van der Waals surface area contributed by atoms with Gasteiger partial charge in [-0.2, -0.15) is 4.31 Å². The number of aromatic nitrogens is 2. The Morgan fingerprint density at radius 2 is 1.90 bits per heavy atom. The van der Waals surface area contributed by atoms with Crippen molar-refractivity contribution in [1.29, 1.82) is 0 Å². The van der Waals surface area contributed by atoms with E-state index in [9.17, 15) is 13.2 Å². The van der Waals surface area contributed by atoms with E-state index < -0.39 is 16.0 Å². The minimum absolute atomic E-state index is 0.00122. The molecule has 31 heavy (non-hydrogen) atoms. The van der Waals surface area contributed by atoms with E-state index in [0.717, 1.165) is 11.1 Å². The molecular weight excluding hydrogens is 418 g/mol. The number of hydrogen-bond donors (Lipinski definition) is 0. The molecule has 1 saturated heterocycles. The number of carbonyl (C=O) groups excluding carboxylic acids is 1. The van der Waals surface area contributed by atoms with Gasteiger partial charge in [0.1, 0.15) is 12.4 Å². The number of esters is 1. The summed E-state index contributed by atoms with van der Waals surface area (Å²) in [5.41, 5.74) is 2.71. The van der Waals surface area contributed by atoms with E-state index in [0.29, 0.717) is 49.8 Å². The zero-order chi connectivity index (χ0) is 22.0. The minimum Gasteiger partial charge on any atom is -0.454 e. The van der Waals surface area contributed by atoms with Crippen molar-refractivity contribution in [2.24, 2.45) is 0 Å². The second-order valence-electron chi connectivity index (χ2n) is 7.33. The fourth-order valence-corrected chi connectivity index (χ4v) is 5.16. The van der Waals surface area contributed by atoms with Crippen molar-refractivity contribution in [1.82, 2.24) is 13.9 Å². The van der Waals surface area contributed by atoms with Crippen molar-refractivity contribution in [2.75, 3.05) is 26.3 Å². The lowest BCUT2D eigenvalue weighted by atomic mass is 10.1. The molecule has 0 amide bonds. The molecule has 164 valence electrons. The molecule has 0 bridgehead atoms. The average Bonchev–Trinajstić information content (AvgIpc) is 3.15. The highest BCUT2D eigenvalue weighted by molar-refractivity contribution is 7.89. The van der Waals surface area contributed by atoms with Crippen LogP contribution in [0.1, 0.15) is 28.7 Å². The van der Waals surface area contributed by atoms with Crippen molar-refractivity contribution in [3.8, 4) is 0 Å². The van der Waals surface area contributed by atoms with Crippen LogP contribution in [0.5, 0.6) is 0 Å². The fourth-order valence-electron chi connectivity index (χ4n) is 3.73.